The van der Waals surface area contributed by atoms with E-state index in [4.69, 9.17) is 9.47 Å². The average Bonchev–Trinajstić information content (AvgIpc) is 2.67. The SMILES string of the molecule is COc1ccc(CCNC(=O)CN(c2ccc(Br)c(C)c2)S(C)(=O)=O)cc1OC. The zero-order valence-electron chi connectivity index (χ0n) is 16.9. The van der Waals surface area contributed by atoms with E-state index in [1.165, 1.54) is 0 Å². The van der Waals surface area contributed by atoms with Gasteiger partial charge in [-0.15, -0.1) is 0 Å². The number of sulfonamides is 1. The Labute approximate surface area is 180 Å². The molecule has 0 aliphatic heterocycles. The third-order valence-electron chi connectivity index (χ3n) is 4.30. The van der Waals surface area contributed by atoms with Crippen molar-refractivity contribution in [1.29, 1.82) is 0 Å². The first-order valence-electron chi connectivity index (χ1n) is 8.87. The number of benzene rings is 2. The number of amides is 1. The molecule has 29 heavy (non-hydrogen) atoms. The number of rotatable bonds is 9. The van der Waals surface area contributed by atoms with E-state index in [1.807, 2.05) is 19.1 Å². The van der Waals surface area contributed by atoms with Crippen molar-refractivity contribution in [3.63, 3.8) is 0 Å². The third kappa shape index (κ3) is 6.37. The van der Waals surface area contributed by atoms with Crippen molar-refractivity contribution in [1.82, 2.24) is 5.32 Å². The summed E-state index contributed by atoms with van der Waals surface area (Å²) in [6.07, 6.45) is 1.66. The van der Waals surface area contributed by atoms with Gasteiger partial charge in [0.15, 0.2) is 11.5 Å². The van der Waals surface area contributed by atoms with Crippen LogP contribution in [0.2, 0.25) is 0 Å². The second-order valence-corrected chi connectivity index (χ2v) is 9.25. The van der Waals surface area contributed by atoms with E-state index in [0.717, 1.165) is 26.2 Å². The predicted octanol–water partition coefficient (Wildman–Crippen LogP) is 2.90. The molecule has 0 aliphatic rings. The minimum atomic E-state index is -3.61. The lowest BCUT2D eigenvalue weighted by atomic mass is 10.1. The molecule has 7 nitrogen and oxygen atoms in total. The second kappa shape index (κ2) is 9.98. The van der Waals surface area contributed by atoms with Gasteiger partial charge in [-0.3, -0.25) is 9.10 Å². The standard InChI is InChI=1S/C20H25BrN2O5S/c1-14-11-16(6-7-17(14)21)23(29(4,25)26)13-20(24)22-10-9-15-5-8-18(27-2)19(12-15)28-3/h5-8,11-12H,9-10,13H2,1-4H3,(H,22,24). The topological polar surface area (TPSA) is 84.9 Å². The zero-order valence-corrected chi connectivity index (χ0v) is 19.3. The molecule has 2 rings (SSSR count). The Morgan fingerprint density at radius 1 is 1.10 bits per heavy atom. The maximum Gasteiger partial charge on any atom is 0.240 e. The molecule has 2 aromatic rings. The Balaban J connectivity index is 2.01. The first-order chi connectivity index (χ1) is 13.7. The summed E-state index contributed by atoms with van der Waals surface area (Å²) in [7, 11) is -0.480. The Kier molecular flexibility index (Phi) is 7.92. The van der Waals surface area contributed by atoms with Gasteiger partial charge in [0.1, 0.15) is 6.54 Å². The smallest absolute Gasteiger partial charge is 0.240 e. The van der Waals surface area contributed by atoms with Crippen molar-refractivity contribution in [2.75, 3.05) is 37.9 Å². The highest BCUT2D eigenvalue weighted by Gasteiger charge is 2.21. The van der Waals surface area contributed by atoms with Gasteiger partial charge in [0, 0.05) is 11.0 Å². The summed E-state index contributed by atoms with van der Waals surface area (Å²) in [5, 5.41) is 2.77. The molecule has 0 atom stereocenters. The molecule has 0 aromatic heterocycles. The van der Waals surface area contributed by atoms with Crippen LogP contribution < -0.4 is 19.1 Å². The molecule has 1 N–H and O–H groups in total. The van der Waals surface area contributed by atoms with Crippen LogP contribution in [0, 0.1) is 6.92 Å². The van der Waals surface area contributed by atoms with Gasteiger partial charge >= 0.3 is 0 Å². The molecule has 0 saturated heterocycles. The Bertz CT molecular complexity index is 979. The number of carbonyl (C=O) groups is 1. The van der Waals surface area contributed by atoms with E-state index in [1.54, 1.807) is 38.5 Å². The van der Waals surface area contributed by atoms with Crippen LogP contribution in [0.15, 0.2) is 40.9 Å². The van der Waals surface area contributed by atoms with E-state index in [-0.39, 0.29) is 12.5 Å². The number of hydrogen-bond donors (Lipinski definition) is 1. The molecule has 158 valence electrons. The van der Waals surface area contributed by atoms with Crippen LogP contribution in [-0.2, 0) is 21.2 Å². The molecule has 0 fully saturated rings. The van der Waals surface area contributed by atoms with Crippen molar-refractivity contribution >= 4 is 37.5 Å². The third-order valence-corrected chi connectivity index (χ3v) is 6.33. The maximum atomic E-state index is 12.4. The largest absolute Gasteiger partial charge is 0.493 e. The van der Waals surface area contributed by atoms with Crippen LogP contribution in [0.5, 0.6) is 11.5 Å². The highest BCUT2D eigenvalue weighted by molar-refractivity contribution is 9.10. The van der Waals surface area contributed by atoms with Gasteiger partial charge in [0.05, 0.1) is 26.2 Å². The minimum Gasteiger partial charge on any atom is -0.493 e. The van der Waals surface area contributed by atoms with Crippen molar-refractivity contribution < 1.29 is 22.7 Å². The first kappa shape index (κ1) is 23.0. The van der Waals surface area contributed by atoms with Crippen molar-refractivity contribution in [2.45, 2.75) is 13.3 Å². The summed E-state index contributed by atoms with van der Waals surface area (Å²) in [6.45, 7) is 1.94. The number of hydrogen-bond acceptors (Lipinski definition) is 5. The molecule has 1 amide bonds. The Morgan fingerprint density at radius 2 is 1.79 bits per heavy atom. The van der Waals surface area contributed by atoms with Gasteiger partial charge in [0.25, 0.3) is 0 Å². The lowest BCUT2D eigenvalue weighted by molar-refractivity contribution is -0.119. The fourth-order valence-corrected chi connectivity index (χ4v) is 3.85. The molecule has 0 spiro atoms. The summed E-state index contributed by atoms with van der Waals surface area (Å²) in [5.41, 5.74) is 2.29. The number of anilines is 1. The predicted molar refractivity (Wildman–Crippen MR) is 117 cm³/mol. The van der Waals surface area contributed by atoms with Crippen LogP contribution in [-0.4, -0.2) is 47.9 Å². The molecule has 0 bridgehead atoms. The number of nitrogens with one attached hydrogen (secondary N) is 1. The molecule has 0 aliphatic carbocycles. The van der Waals surface area contributed by atoms with Crippen LogP contribution in [0.3, 0.4) is 0 Å². The summed E-state index contributed by atoms with van der Waals surface area (Å²) < 4.78 is 36.8. The summed E-state index contributed by atoms with van der Waals surface area (Å²) in [4.78, 5) is 12.4. The lowest BCUT2D eigenvalue weighted by Crippen LogP contribution is -2.41. The van der Waals surface area contributed by atoms with Crippen molar-refractivity contribution in [3.05, 3.63) is 52.0 Å². The number of ether oxygens (including phenoxy) is 2. The number of nitrogens with zero attached hydrogens (tertiary/aromatic N) is 1. The second-order valence-electron chi connectivity index (χ2n) is 6.49. The Morgan fingerprint density at radius 3 is 2.38 bits per heavy atom. The van der Waals surface area contributed by atoms with Crippen LogP contribution in [0.4, 0.5) is 5.69 Å². The van der Waals surface area contributed by atoms with E-state index < -0.39 is 10.0 Å². The van der Waals surface area contributed by atoms with Gasteiger partial charge in [-0.2, -0.15) is 0 Å². The van der Waals surface area contributed by atoms with Crippen LogP contribution in [0.25, 0.3) is 0 Å². The first-order valence-corrected chi connectivity index (χ1v) is 11.5. The highest BCUT2D eigenvalue weighted by atomic mass is 79.9. The molecular formula is C20H25BrN2O5S. The van der Waals surface area contributed by atoms with Gasteiger partial charge < -0.3 is 14.8 Å². The average molecular weight is 485 g/mol. The lowest BCUT2D eigenvalue weighted by Gasteiger charge is -2.22. The monoisotopic (exact) mass is 484 g/mol. The number of methoxy groups -OCH3 is 2. The fraction of sp³-hybridized carbons (Fsp3) is 0.350. The van der Waals surface area contributed by atoms with Crippen LogP contribution >= 0.6 is 15.9 Å². The summed E-state index contributed by atoms with van der Waals surface area (Å²) >= 11 is 3.39. The number of halogens is 1. The quantitative estimate of drug-likeness (QED) is 0.591. The molecule has 0 saturated carbocycles. The Hall–Kier alpha value is -2.26. The molecule has 0 radical (unpaired) electrons. The molecule has 9 heteroatoms. The minimum absolute atomic E-state index is 0.286. The van der Waals surface area contributed by atoms with Gasteiger partial charge in [-0.1, -0.05) is 22.0 Å². The van der Waals surface area contributed by atoms with E-state index in [9.17, 15) is 13.2 Å². The van der Waals surface area contributed by atoms with E-state index >= 15 is 0 Å². The maximum absolute atomic E-state index is 12.4. The summed E-state index contributed by atoms with van der Waals surface area (Å²) in [6, 6.07) is 10.7. The molecule has 0 unspecified atom stereocenters. The van der Waals surface area contributed by atoms with Crippen LogP contribution in [0.1, 0.15) is 11.1 Å². The summed E-state index contributed by atoms with van der Waals surface area (Å²) in [5.74, 6) is 0.871. The number of aryl methyl sites for hydroxylation is 1. The van der Waals surface area contributed by atoms with E-state index in [0.29, 0.717) is 30.2 Å². The zero-order chi connectivity index (χ0) is 21.6. The normalized spacial score (nSPS) is 11.1. The highest BCUT2D eigenvalue weighted by Crippen LogP contribution is 2.27. The number of carbonyl (C=O) groups excluding carboxylic acids is 1. The van der Waals surface area contributed by atoms with Gasteiger partial charge in [-0.25, -0.2) is 8.42 Å². The van der Waals surface area contributed by atoms with Gasteiger partial charge in [-0.05, 0) is 54.8 Å². The van der Waals surface area contributed by atoms with Gasteiger partial charge in [0.2, 0.25) is 15.9 Å². The van der Waals surface area contributed by atoms with E-state index in [2.05, 4.69) is 21.2 Å². The van der Waals surface area contributed by atoms with Crippen molar-refractivity contribution in [2.24, 2.45) is 0 Å². The van der Waals surface area contributed by atoms with Crippen molar-refractivity contribution in [3.8, 4) is 11.5 Å². The molecular weight excluding hydrogens is 460 g/mol. The molecule has 2 aromatic carbocycles. The molecule has 0 heterocycles. The fourth-order valence-electron chi connectivity index (χ4n) is 2.75.